The third-order valence-electron chi connectivity index (χ3n) is 7.49. The van der Waals surface area contributed by atoms with Crippen LogP contribution in [0, 0.1) is 17.8 Å². The van der Waals surface area contributed by atoms with Gasteiger partial charge in [0.2, 0.25) is 0 Å². The number of hydrogen-bond donors (Lipinski definition) is 6. The molecule has 0 heterocycles. The lowest BCUT2D eigenvalue weighted by Gasteiger charge is -2.20. The molecule has 0 aliphatic heterocycles. The number of carbonyl (C=O) groups excluding carboxylic acids is 2. The summed E-state index contributed by atoms with van der Waals surface area (Å²) in [5.41, 5.74) is 0. The van der Waals surface area contributed by atoms with E-state index in [1.54, 1.807) is 6.92 Å². The lowest BCUT2D eigenvalue weighted by Crippen LogP contribution is -2.14. The molecule has 0 aromatic rings. The number of hydrogen-bond acceptors (Lipinski definition) is 11. The third kappa shape index (κ3) is 51.8. The van der Waals surface area contributed by atoms with Gasteiger partial charge < -0.3 is 54.4 Å². The Morgan fingerprint density at radius 3 is 1.02 bits per heavy atom. The first-order chi connectivity index (χ1) is 23.5. The Kier molecular flexibility index (Phi) is 59.1. The molecule has 3 fully saturated rings. The van der Waals surface area contributed by atoms with Gasteiger partial charge in [-0.1, -0.05) is 77.6 Å². The second-order valence-corrected chi connectivity index (χ2v) is 11.8. The predicted octanol–water partition coefficient (Wildman–Crippen LogP) is 4.89. The smallest absolute Gasteiger partial charge is 0.120 e. The topological polar surface area (TPSA) is 183 Å². The van der Waals surface area contributed by atoms with Crippen LogP contribution in [0.3, 0.4) is 0 Å². The Labute approximate surface area is 293 Å². The molecule has 0 aromatic heterocycles. The maximum absolute atomic E-state index is 10.1. The Balaban J connectivity index is -0.000000248. The van der Waals surface area contributed by atoms with E-state index >= 15 is 0 Å². The largest absolute Gasteiger partial charge is 0.397 e. The summed E-state index contributed by atoms with van der Waals surface area (Å²) in [5, 5.41) is 47.8. The molecule has 3 aliphatic carbocycles. The van der Waals surface area contributed by atoms with Crippen LogP contribution in [-0.4, -0.2) is 122 Å². The molecule has 292 valence electrons. The first-order valence-electron chi connectivity index (χ1n) is 18.7. The zero-order valence-electron chi connectivity index (χ0n) is 31.1. The molecule has 3 saturated carbocycles. The molecular formula is C37H78O11. The van der Waals surface area contributed by atoms with Gasteiger partial charge >= 0.3 is 0 Å². The minimum atomic E-state index is -0.125. The van der Waals surface area contributed by atoms with Gasteiger partial charge in [-0.2, -0.15) is 0 Å². The van der Waals surface area contributed by atoms with Gasteiger partial charge in [0.25, 0.3) is 0 Å². The summed E-state index contributed by atoms with van der Waals surface area (Å²) in [5.74, 6) is 2.28. The third-order valence-corrected chi connectivity index (χ3v) is 7.49. The maximum atomic E-state index is 10.1. The number of ether oxygens (including phenoxy) is 3. The molecule has 0 amide bonds. The van der Waals surface area contributed by atoms with Crippen LogP contribution in [0.2, 0.25) is 0 Å². The number of aldehydes is 2. The molecule has 3 aliphatic rings. The van der Waals surface area contributed by atoms with Gasteiger partial charge in [0.05, 0.1) is 52.9 Å². The summed E-state index contributed by atoms with van der Waals surface area (Å²) in [4.78, 5) is 19.2. The zero-order chi connectivity index (χ0) is 36.8. The lowest BCUT2D eigenvalue weighted by molar-refractivity contribution is -0.109. The summed E-state index contributed by atoms with van der Waals surface area (Å²) in [7, 11) is 0. The molecular weight excluding hydrogens is 620 g/mol. The molecule has 0 unspecified atom stereocenters. The molecule has 48 heavy (non-hydrogen) atoms. The van der Waals surface area contributed by atoms with Gasteiger partial charge in [0, 0.05) is 39.3 Å². The highest BCUT2D eigenvalue weighted by Gasteiger charge is 2.14. The SMILES string of the molecule is CCC=O.CCO.CCOCCO.O=CCC1CCCCC1.OCCO.OCCOCC1CCCCC1.OCCOCC1CCCCC1. The van der Waals surface area contributed by atoms with Crippen LogP contribution in [0.1, 0.15) is 130 Å². The van der Waals surface area contributed by atoms with E-state index < -0.39 is 0 Å². The molecule has 11 nitrogen and oxygen atoms in total. The molecule has 0 radical (unpaired) electrons. The Morgan fingerprint density at radius 1 is 0.479 bits per heavy atom. The number of aliphatic hydroxyl groups is 6. The normalized spacial score (nSPS) is 16.1. The van der Waals surface area contributed by atoms with Crippen LogP contribution < -0.4 is 0 Å². The predicted molar refractivity (Wildman–Crippen MR) is 193 cm³/mol. The number of rotatable bonds is 15. The summed E-state index contributed by atoms with van der Waals surface area (Å²) < 4.78 is 15.3. The summed E-state index contributed by atoms with van der Waals surface area (Å²) in [6.07, 6.45) is 23.6. The van der Waals surface area contributed by atoms with E-state index in [1.807, 2.05) is 13.8 Å². The Morgan fingerprint density at radius 2 is 0.792 bits per heavy atom. The monoisotopic (exact) mass is 699 g/mol. The average Bonchev–Trinajstić information content (AvgIpc) is 3.14. The van der Waals surface area contributed by atoms with Crippen LogP contribution >= 0.6 is 0 Å². The highest BCUT2D eigenvalue weighted by Crippen LogP contribution is 2.25. The fraction of sp³-hybridized carbons (Fsp3) is 0.946. The van der Waals surface area contributed by atoms with Crippen LogP contribution in [0.4, 0.5) is 0 Å². The van der Waals surface area contributed by atoms with E-state index in [-0.39, 0.29) is 39.6 Å². The summed E-state index contributed by atoms with van der Waals surface area (Å²) >= 11 is 0. The van der Waals surface area contributed by atoms with Crippen LogP contribution in [-0.2, 0) is 23.8 Å². The molecule has 0 bridgehead atoms. The Hall–Kier alpha value is -1.02. The van der Waals surface area contributed by atoms with E-state index in [0.717, 1.165) is 50.0 Å². The van der Waals surface area contributed by atoms with Crippen LogP contribution in [0.5, 0.6) is 0 Å². The van der Waals surface area contributed by atoms with Crippen molar-refractivity contribution in [1.29, 1.82) is 0 Å². The van der Waals surface area contributed by atoms with Crippen molar-refractivity contribution in [3.05, 3.63) is 0 Å². The quantitative estimate of drug-likeness (QED) is 0.101. The average molecular weight is 699 g/mol. The van der Waals surface area contributed by atoms with Gasteiger partial charge in [-0.15, -0.1) is 0 Å². The first-order valence-corrected chi connectivity index (χ1v) is 18.7. The number of aliphatic hydroxyl groups excluding tert-OH is 6. The van der Waals surface area contributed by atoms with E-state index in [2.05, 4.69) is 0 Å². The molecule has 0 aromatic carbocycles. The summed E-state index contributed by atoms with van der Waals surface area (Å²) in [6, 6.07) is 0. The van der Waals surface area contributed by atoms with Crippen molar-refractivity contribution in [2.75, 3.05) is 79.3 Å². The molecule has 0 atom stereocenters. The van der Waals surface area contributed by atoms with Gasteiger partial charge in [-0.05, 0) is 57.3 Å². The van der Waals surface area contributed by atoms with E-state index in [0.29, 0.717) is 32.8 Å². The fourth-order valence-electron chi connectivity index (χ4n) is 5.10. The highest BCUT2D eigenvalue weighted by atomic mass is 16.5. The second-order valence-electron chi connectivity index (χ2n) is 11.8. The van der Waals surface area contributed by atoms with Crippen molar-refractivity contribution in [2.24, 2.45) is 17.8 Å². The van der Waals surface area contributed by atoms with Gasteiger partial charge in [0.15, 0.2) is 0 Å². The van der Waals surface area contributed by atoms with Crippen molar-refractivity contribution in [3.8, 4) is 0 Å². The molecule has 0 saturated heterocycles. The summed E-state index contributed by atoms with van der Waals surface area (Å²) in [6.45, 7) is 9.75. The highest BCUT2D eigenvalue weighted by molar-refractivity contribution is 5.49. The minimum absolute atomic E-state index is 0.125. The zero-order valence-corrected chi connectivity index (χ0v) is 31.1. The van der Waals surface area contributed by atoms with Crippen molar-refractivity contribution in [1.82, 2.24) is 0 Å². The first kappa shape index (κ1) is 53.8. The van der Waals surface area contributed by atoms with Gasteiger partial charge in [-0.3, -0.25) is 0 Å². The number of carbonyl (C=O) groups is 2. The molecule has 11 heteroatoms. The van der Waals surface area contributed by atoms with Gasteiger partial charge in [0.1, 0.15) is 12.6 Å². The van der Waals surface area contributed by atoms with E-state index in [1.165, 1.54) is 96.3 Å². The second kappa shape index (κ2) is 52.8. The van der Waals surface area contributed by atoms with Crippen molar-refractivity contribution in [2.45, 2.75) is 130 Å². The van der Waals surface area contributed by atoms with E-state index in [4.69, 9.17) is 44.8 Å². The minimum Gasteiger partial charge on any atom is -0.397 e. The van der Waals surface area contributed by atoms with Crippen molar-refractivity contribution >= 4 is 12.6 Å². The standard InChI is InChI=1S/2C9H18O2.C8H14O.C4H10O2.C3H6O.C2H6O2.C2H6O/c2*10-6-7-11-8-9-4-2-1-3-5-9;9-7-6-8-4-2-1-3-5-8;1-2-6-4-3-5;1-2-3-4;3-1-2-4;1-2-3/h2*9-10H,1-8H2;7-8H,1-6H2;5H,2-4H2,1H3;3H,2H2,1H3;3-4H,1-2H2;3H,2H2,1H3. The maximum Gasteiger partial charge on any atom is 0.120 e. The molecule has 3 rings (SSSR count). The molecule has 6 N–H and O–H groups in total. The molecule has 0 spiro atoms. The van der Waals surface area contributed by atoms with Crippen LogP contribution in [0.15, 0.2) is 0 Å². The van der Waals surface area contributed by atoms with Crippen molar-refractivity contribution < 1.29 is 54.4 Å². The van der Waals surface area contributed by atoms with Crippen LogP contribution in [0.25, 0.3) is 0 Å². The van der Waals surface area contributed by atoms with E-state index in [9.17, 15) is 9.59 Å². The van der Waals surface area contributed by atoms with Crippen molar-refractivity contribution in [3.63, 3.8) is 0 Å². The van der Waals surface area contributed by atoms with Gasteiger partial charge in [-0.25, -0.2) is 0 Å². The Bertz CT molecular complexity index is 507. The lowest BCUT2D eigenvalue weighted by atomic mass is 9.87. The fourth-order valence-corrected chi connectivity index (χ4v) is 5.10.